The maximum Gasteiger partial charge on any atom is 0.217 e. The molecular formula is C10H19N3OS. The lowest BCUT2D eigenvalue weighted by molar-refractivity contribution is -0.118. The van der Waals surface area contributed by atoms with Crippen LogP contribution in [0.4, 0.5) is 0 Å². The van der Waals surface area contributed by atoms with Crippen LogP contribution in [0, 0.1) is 0 Å². The van der Waals surface area contributed by atoms with E-state index >= 15 is 0 Å². The summed E-state index contributed by atoms with van der Waals surface area (Å²) in [6, 6.07) is 0. The number of hydrogen-bond acceptors (Lipinski definition) is 4. The van der Waals surface area contributed by atoms with Gasteiger partial charge in [0.2, 0.25) is 5.91 Å². The fourth-order valence-electron chi connectivity index (χ4n) is 1.44. The van der Waals surface area contributed by atoms with Crippen molar-refractivity contribution in [2.75, 3.05) is 13.1 Å². The summed E-state index contributed by atoms with van der Waals surface area (Å²) in [5.74, 6) is -0.235. The van der Waals surface area contributed by atoms with E-state index in [1.807, 2.05) is 11.8 Å². The molecule has 0 radical (unpaired) electrons. The zero-order valence-electron chi connectivity index (χ0n) is 9.16. The Kier molecular flexibility index (Phi) is 5.53. The van der Waals surface area contributed by atoms with Gasteiger partial charge in [-0.05, 0) is 12.8 Å². The van der Waals surface area contributed by atoms with Crippen LogP contribution in [0.1, 0.15) is 32.6 Å². The molecule has 4 nitrogen and oxygen atoms in total. The Morgan fingerprint density at radius 2 is 2.53 bits per heavy atom. The second kappa shape index (κ2) is 6.71. The Labute approximate surface area is 95.1 Å². The molecule has 0 bridgehead atoms. The predicted octanol–water partition coefficient (Wildman–Crippen LogP) is 1.11. The van der Waals surface area contributed by atoms with Gasteiger partial charge in [-0.15, -0.1) is 0 Å². The van der Waals surface area contributed by atoms with Gasteiger partial charge in [0, 0.05) is 18.2 Å². The Morgan fingerprint density at radius 3 is 3.20 bits per heavy atom. The van der Waals surface area contributed by atoms with E-state index in [-0.39, 0.29) is 5.91 Å². The first-order valence-electron chi connectivity index (χ1n) is 5.45. The predicted molar refractivity (Wildman–Crippen MR) is 65.0 cm³/mol. The number of rotatable bonds is 6. The van der Waals surface area contributed by atoms with Crippen LogP contribution in [-0.4, -0.2) is 29.4 Å². The van der Waals surface area contributed by atoms with Gasteiger partial charge >= 0.3 is 0 Å². The number of nitrogens with zero attached hydrogens (tertiary/aromatic N) is 1. The molecule has 1 amide bonds. The molecule has 0 spiro atoms. The maximum absolute atomic E-state index is 10.5. The molecule has 1 heterocycles. The molecule has 1 rings (SSSR count). The molecule has 0 saturated carbocycles. The largest absolute Gasteiger partial charge is 0.370 e. The van der Waals surface area contributed by atoms with E-state index < -0.39 is 0 Å². The van der Waals surface area contributed by atoms with Crippen molar-refractivity contribution in [3.05, 3.63) is 0 Å². The monoisotopic (exact) mass is 229 g/mol. The first-order valence-corrected chi connectivity index (χ1v) is 6.33. The topological polar surface area (TPSA) is 67.5 Å². The minimum Gasteiger partial charge on any atom is -0.370 e. The van der Waals surface area contributed by atoms with E-state index in [4.69, 9.17) is 5.73 Å². The normalized spacial score (nSPS) is 20.1. The molecule has 1 aliphatic heterocycles. The minimum absolute atomic E-state index is 0.235. The van der Waals surface area contributed by atoms with Crippen LogP contribution in [0.25, 0.3) is 0 Å². The van der Waals surface area contributed by atoms with E-state index in [1.54, 1.807) is 0 Å². The lowest BCUT2D eigenvalue weighted by Gasteiger charge is -2.07. The van der Waals surface area contributed by atoms with E-state index in [2.05, 4.69) is 17.2 Å². The second-order valence-corrected chi connectivity index (χ2v) is 4.96. The third-order valence-electron chi connectivity index (χ3n) is 2.20. The van der Waals surface area contributed by atoms with Crippen molar-refractivity contribution < 1.29 is 4.79 Å². The molecule has 0 fully saturated rings. The zero-order chi connectivity index (χ0) is 11.1. The number of amidine groups is 1. The van der Waals surface area contributed by atoms with Crippen molar-refractivity contribution in [2.24, 2.45) is 10.7 Å². The maximum atomic E-state index is 10.5. The third kappa shape index (κ3) is 5.06. The molecule has 5 heteroatoms. The van der Waals surface area contributed by atoms with Gasteiger partial charge in [-0.2, -0.15) is 0 Å². The van der Waals surface area contributed by atoms with Crippen LogP contribution >= 0.6 is 11.8 Å². The summed E-state index contributed by atoms with van der Waals surface area (Å²) in [4.78, 5) is 14.9. The van der Waals surface area contributed by atoms with Crippen molar-refractivity contribution in [3.8, 4) is 0 Å². The van der Waals surface area contributed by atoms with Crippen LogP contribution in [0.2, 0.25) is 0 Å². The quantitative estimate of drug-likeness (QED) is 0.671. The second-order valence-electron chi connectivity index (χ2n) is 3.67. The van der Waals surface area contributed by atoms with Gasteiger partial charge in [0.15, 0.2) is 5.17 Å². The summed E-state index contributed by atoms with van der Waals surface area (Å²) >= 11 is 1.82. The van der Waals surface area contributed by atoms with Gasteiger partial charge in [-0.1, -0.05) is 25.1 Å². The number of hydrogen-bond donors (Lipinski definition) is 2. The van der Waals surface area contributed by atoms with Crippen molar-refractivity contribution in [2.45, 2.75) is 37.9 Å². The molecule has 3 N–H and O–H groups in total. The SMILES string of the molecule is CCCC1CN=C(NCCCC(N)=O)S1. The van der Waals surface area contributed by atoms with Crippen LogP contribution < -0.4 is 11.1 Å². The third-order valence-corrected chi connectivity index (χ3v) is 3.42. The first kappa shape index (κ1) is 12.4. The van der Waals surface area contributed by atoms with E-state index in [0.29, 0.717) is 11.7 Å². The summed E-state index contributed by atoms with van der Waals surface area (Å²) in [5, 5.41) is 4.90. The molecule has 0 aromatic carbocycles. The fourth-order valence-corrected chi connectivity index (χ4v) is 2.60. The smallest absolute Gasteiger partial charge is 0.217 e. The molecule has 0 aliphatic carbocycles. The van der Waals surface area contributed by atoms with Gasteiger partial charge in [0.05, 0.1) is 6.54 Å². The van der Waals surface area contributed by atoms with Crippen LogP contribution in [-0.2, 0) is 4.79 Å². The molecule has 1 aliphatic rings. The highest BCUT2D eigenvalue weighted by Gasteiger charge is 2.17. The number of carbonyl (C=O) groups is 1. The Bertz CT molecular complexity index is 243. The summed E-state index contributed by atoms with van der Waals surface area (Å²) < 4.78 is 0. The molecule has 15 heavy (non-hydrogen) atoms. The minimum atomic E-state index is -0.235. The molecule has 0 saturated heterocycles. The number of thioether (sulfide) groups is 1. The summed E-state index contributed by atoms with van der Waals surface area (Å²) in [6.45, 7) is 3.91. The summed E-state index contributed by atoms with van der Waals surface area (Å²) in [6.07, 6.45) is 3.67. The Hall–Kier alpha value is -0.710. The molecular weight excluding hydrogens is 210 g/mol. The average Bonchev–Trinajstić information content (AvgIpc) is 2.61. The van der Waals surface area contributed by atoms with E-state index in [1.165, 1.54) is 12.8 Å². The number of nitrogens with two attached hydrogens (primary N) is 1. The van der Waals surface area contributed by atoms with Crippen LogP contribution in [0.5, 0.6) is 0 Å². The van der Waals surface area contributed by atoms with Crippen molar-refractivity contribution in [3.63, 3.8) is 0 Å². The van der Waals surface area contributed by atoms with Gasteiger partial charge in [-0.25, -0.2) is 0 Å². The van der Waals surface area contributed by atoms with Crippen molar-refractivity contribution in [1.82, 2.24) is 5.32 Å². The van der Waals surface area contributed by atoms with Gasteiger partial charge in [-0.3, -0.25) is 9.79 Å². The van der Waals surface area contributed by atoms with E-state index in [0.717, 1.165) is 24.7 Å². The Morgan fingerprint density at radius 1 is 1.73 bits per heavy atom. The molecule has 0 aromatic heterocycles. The van der Waals surface area contributed by atoms with E-state index in [9.17, 15) is 4.79 Å². The number of aliphatic imine (C=N–C) groups is 1. The number of nitrogens with one attached hydrogen (secondary N) is 1. The van der Waals surface area contributed by atoms with Crippen LogP contribution in [0.15, 0.2) is 4.99 Å². The highest BCUT2D eigenvalue weighted by atomic mass is 32.2. The van der Waals surface area contributed by atoms with Gasteiger partial charge < -0.3 is 11.1 Å². The van der Waals surface area contributed by atoms with Gasteiger partial charge in [0.1, 0.15) is 0 Å². The Balaban J connectivity index is 2.06. The molecule has 1 unspecified atom stereocenters. The average molecular weight is 229 g/mol. The van der Waals surface area contributed by atoms with Gasteiger partial charge in [0.25, 0.3) is 0 Å². The highest BCUT2D eigenvalue weighted by molar-refractivity contribution is 8.14. The molecule has 0 aromatic rings. The number of primary amides is 1. The standard InChI is InChI=1S/C10H19N3OS/c1-2-4-8-7-13-10(15-8)12-6-3-5-9(11)14/h8H,2-7H2,1H3,(H2,11,14)(H,12,13). The molecule has 1 atom stereocenters. The molecule has 86 valence electrons. The lowest BCUT2D eigenvalue weighted by Crippen LogP contribution is -2.22. The van der Waals surface area contributed by atoms with Crippen LogP contribution in [0.3, 0.4) is 0 Å². The zero-order valence-corrected chi connectivity index (χ0v) is 9.98. The number of carbonyl (C=O) groups excluding carboxylic acids is 1. The fraction of sp³-hybridized carbons (Fsp3) is 0.800. The first-order chi connectivity index (χ1) is 7.22. The number of amides is 1. The summed E-state index contributed by atoms with van der Waals surface area (Å²) in [5.41, 5.74) is 5.05. The van der Waals surface area contributed by atoms with Crippen molar-refractivity contribution in [1.29, 1.82) is 0 Å². The lowest BCUT2D eigenvalue weighted by atomic mass is 10.2. The van der Waals surface area contributed by atoms with Crippen molar-refractivity contribution >= 4 is 22.8 Å². The highest BCUT2D eigenvalue weighted by Crippen LogP contribution is 2.23. The summed E-state index contributed by atoms with van der Waals surface area (Å²) in [7, 11) is 0.